The molecule has 2 aromatic rings. The van der Waals surface area contributed by atoms with E-state index in [4.69, 9.17) is 0 Å². The molecule has 1 aliphatic carbocycles. The zero-order valence-corrected chi connectivity index (χ0v) is 13.7. The van der Waals surface area contributed by atoms with E-state index in [0.29, 0.717) is 23.1 Å². The van der Waals surface area contributed by atoms with Crippen molar-refractivity contribution in [1.82, 2.24) is 8.96 Å². The summed E-state index contributed by atoms with van der Waals surface area (Å²) < 4.78 is 26.7. The highest BCUT2D eigenvalue weighted by atomic mass is 32.2. The van der Waals surface area contributed by atoms with Gasteiger partial charge >= 0.3 is 0 Å². The van der Waals surface area contributed by atoms with E-state index < -0.39 is 10.0 Å². The van der Waals surface area contributed by atoms with Crippen LogP contribution in [0.2, 0.25) is 0 Å². The first kappa shape index (κ1) is 15.3. The fraction of sp³-hybridized carbons (Fsp3) is 0.471. The minimum absolute atomic E-state index is 0.333. The van der Waals surface area contributed by atoms with Crippen LogP contribution < -0.4 is 0 Å². The number of rotatable bonds is 4. The lowest BCUT2D eigenvalue weighted by Gasteiger charge is -2.22. The Morgan fingerprint density at radius 3 is 2.45 bits per heavy atom. The second-order valence-electron chi connectivity index (χ2n) is 5.90. The molecule has 0 saturated heterocycles. The molecule has 1 aromatic heterocycles. The summed E-state index contributed by atoms with van der Waals surface area (Å²) >= 11 is 0. The van der Waals surface area contributed by atoms with E-state index >= 15 is 0 Å². The number of aromatic nitrogens is 2. The van der Waals surface area contributed by atoms with Crippen LogP contribution in [-0.2, 0) is 16.4 Å². The Balaban J connectivity index is 1.88. The van der Waals surface area contributed by atoms with E-state index in [1.807, 2.05) is 19.1 Å². The number of benzene rings is 1. The minimum Gasteiger partial charge on any atom is -0.241 e. The molecule has 1 fully saturated rings. The maximum atomic E-state index is 12.7. The van der Waals surface area contributed by atoms with Gasteiger partial charge in [-0.3, -0.25) is 0 Å². The van der Waals surface area contributed by atoms with Crippen molar-refractivity contribution in [2.24, 2.45) is 0 Å². The molecule has 0 bridgehead atoms. The molecular formula is C17H22N2O2S. The molecule has 22 heavy (non-hydrogen) atoms. The number of hydrogen-bond acceptors (Lipinski definition) is 3. The minimum atomic E-state index is -3.53. The molecule has 1 aliphatic rings. The summed E-state index contributed by atoms with van der Waals surface area (Å²) in [7, 11) is -3.53. The van der Waals surface area contributed by atoms with Crippen LogP contribution in [0, 0.1) is 0 Å². The van der Waals surface area contributed by atoms with Crippen LogP contribution in [0.1, 0.15) is 56.3 Å². The van der Waals surface area contributed by atoms with Crippen molar-refractivity contribution in [3.8, 4) is 0 Å². The quantitative estimate of drug-likeness (QED) is 0.863. The lowest BCUT2D eigenvalue weighted by atomic mass is 9.84. The molecule has 1 aromatic carbocycles. The van der Waals surface area contributed by atoms with Crippen molar-refractivity contribution < 1.29 is 8.42 Å². The van der Waals surface area contributed by atoms with E-state index in [0.717, 1.165) is 0 Å². The largest absolute Gasteiger partial charge is 0.269 e. The lowest BCUT2D eigenvalue weighted by molar-refractivity contribution is 0.443. The van der Waals surface area contributed by atoms with E-state index in [1.54, 1.807) is 12.1 Å². The summed E-state index contributed by atoms with van der Waals surface area (Å²) in [6.45, 7) is 1.90. The molecule has 0 atom stereocenters. The van der Waals surface area contributed by atoms with Gasteiger partial charge in [-0.2, -0.15) is 0 Å². The van der Waals surface area contributed by atoms with Crippen LogP contribution in [0.4, 0.5) is 0 Å². The van der Waals surface area contributed by atoms with Gasteiger partial charge in [0.05, 0.1) is 4.90 Å². The molecule has 0 radical (unpaired) electrons. The van der Waals surface area contributed by atoms with Gasteiger partial charge < -0.3 is 0 Å². The van der Waals surface area contributed by atoms with Gasteiger partial charge in [-0.1, -0.05) is 38.3 Å². The van der Waals surface area contributed by atoms with Gasteiger partial charge in [-0.15, -0.1) is 0 Å². The first-order chi connectivity index (χ1) is 10.6. The molecule has 0 unspecified atom stereocenters. The fourth-order valence-corrected chi connectivity index (χ4v) is 4.63. The Bertz CT molecular complexity index is 726. The molecule has 5 heteroatoms. The summed E-state index contributed by atoms with van der Waals surface area (Å²) in [5.41, 5.74) is 1.26. The van der Waals surface area contributed by atoms with Crippen LogP contribution in [0.3, 0.4) is 0 Å². The summed E-state index contributed by atoms with van der Waals surface area (Å²) in [4.78, 5) is 4.43. The third-order valence-electron chi connectivity index (χ3n) is 4.51. The third-order valence-corrected chi connectivity index (χ3v) is 6.23. The van der Waals surface area contributed by atoms with Gasteiger partial charge in [0.2, 0.25) is 0 Å². The maximum Gasteiger partial charge on any atom is 0.269 e. The first-order valence-corrected chi connectivity index (χ1v) is 9.44. The highest BCUT2D eigenvalue weighted by Gasteiger charge is 2.21. The Kier molecular flexibility index (Phi) is 4.34. The lowest BCUT2D eigenvalue weighted by Crippen LogP contribution is -2.15. The molecule has 118 valence electrons. The van der Waals surface area contributed by atoms with Crippen molar-refractivity contribution in [2.75, 3.05) is 0 Å². The van der Waals surface area contributed by atoms with E-state index in [-0.39, 0.29) is 0 Å². The number of nitrogens with zero attached hydrogens (tertiary/aromatic N) is 2. The molecule has 0 amide bonds. The zero-order valence-electron chi connectivity index (χ0n) is 12.9. The predicted molar refractivity (Wildman–Crippen MR) is 86.5 cm³/mol. The smallest absolute Gasteiger partial charge is 0.241 e. The zero-order chi connectivity index (χ0) is 15.6. The summed E-state index contributed by atoms with van der Waals surface area (Å²) in [5.74, 6) is 1.15. The van der Waals surface area contributed by atoms with Gasteiger partial charge in [0.25, 0.3) is 10.0 Å². The predicted octanol–water partition coefficient (Wildman–Crippen LogP) is 3.73. The maximum absolute atomic E-state index is 12.7. The highest BCUT2D eigenvalue weighted by Crippen LogP contribution is 2.33. The fourth-order valence-electron chi connectivity index (χ4n) is 3.25. The SMILES string of the molecule is CCc1nccn1S(=O)(=O)c1ccc(C2CCCCC2)cc1. The van der Waals surface area contributed by atoms with Crippen LogP contribution >= 0.6 is 0 Å². The number of hydrogen-bond donors (Lipinski definition) is 0. The molecule has 0 N–H and O–H groups in total. The monoisotopic (exact) mass is 318 g/mol. The first-order valence-electron chi connectivity index (χ1n) is 8.00. The average Bonchev–Trinajstić information content (AvgIpc) is 3.05. The van der Waals surface area contributed by atoms with Crippen LogP contribution in [0.5, 0.6) is 0 Å². The molecule has 3 rings (SSSR count). The highest BCUT2D eigenvalue weighted by molar-refractivity contribution is 7.90. The standard InChI is InChI=1S/C17H22N2O2S/c1-2-17-18-12-13-19(17)22(20,21)16-10-8-15(9-11-16)14-6-4-3-5-7-14/h8-14H,2-7H2,1H3. The molecule has 1 heterocycles. The Hall–Kier alpha value is -1.62. The Morgan fingerprint density at radius 2 is 1.82 bits per heavy atom. The van der Waals surface area contributed by atoms with Gasteiger partial charge in [0, 0.05) is 18.8 Å². The van der Waals surface area contributed by atoms with Crippen molar-refractivity contribution >= 4 is 10.0 Å². The van der Waals surface area contributed by atoms with Gasteiger partial charge in [0.1, 0.15) is 5.82 Å². The summed E-state index contributed by atoms with van der Waals surface area (Å²) in [6, 6.07) is 7.42. The average molecular weight is 318 g/mol. The summed E-state index contributed by atoms with van der Waals surface area (Å²) in [5, 5.41) is 0. The Labute approximate surface area is 132 Å². The van der Waals surface area contributed by atoms with E-state index in [2.05, 4.69) is 4.98 Å². The van der Waals surface area contributed by atoms with Crippen LogP contribution in [0.25, 0.3) is 0 Å². The Morgan fingerprint density at radius 1 is 1.14 bits per heavy atom. The third kappa shape index (κ3) is 2.82. The van der Waals surface area contributed by atoms with Crippen molar-refractivity contribution in [2.45, 2.75) is 56.3 Å². The van der Waals surface area contributed by atoms with Gasteiger partial charge in [-0.05, 0) is 36.5 Å². The van der Waals surface area contributed by atoms with Crippen LogP contribution in [0.15, 0.2) is 41.6 Å². The topological polar surface area (TPSA) is 52.0 Å². The number of aryl methyl sites for hydroxylation is 1. The molecule has 4 nitrogen and oxygen atoms in total. The second kappa shape index (κ2) is 6.24. The molecule has 1 saturated carbocycles. The normalized spacial score (nSPS) is 16.8. The molecular weight excluding hydrogens is 296 g/mol. The van der Waals surface area contributed by atoms with Crippen molar-refractivity contribution in [1.29, 1.82) is 0 Å². The van der Waals surface area contributed by atoms with E-state index in [9.17, 15) is 8.42 Å². The molecule has 0 aliphatic heterocycles. The van der Waals surface area contributed by atoms with Gasteiger partial charge in [-0.25, -0.2) is 17.4 Å². The van der Waals surface area contributed by atoms with Crippen molar-refractivity contribution in [3.63, 3.8) is 0 Å². The summed E-state index contributed by atoms with van der Waals surface area (Å²) in [6.07, 6.45) is 9.95. The van der Waals surface area contributed by atoms with Gasteiger partial charge in [0.15, 0.2) is 0 Å². The van der Waals surface area contributed by atoms with Crippen LogP contribution in [-0.4, -0.2) is 17.4 Å². The van der Waals surface area contributed by atoms with Crippen molar-refractivity contribution in [3.05, 3.63) is 48.0 Å². The second-order valence-corrected chi connectivity index (χ2v) is 7.72. The number of imidazole rings is 1. The van der Waals surface area contributed by atoms with E-state index in [1.165, 1.54) is 54.0 Å². The molecule has 0 spiro atoms.